The lowest BCUT2D eigenvalue weighted by atomic mass is 10.2. The van der Waals surface area contributed by atoms with Gasteiger partial charge in [0.1, 0.15) is 18.5 Å². The van der Waals surface area contributed by atoms with Crippen LogP contribution in [0, 0.1) is 11.3 Å². The number of piperazine rings is 1. The van der Waals surface area contributed by atoms with Crippen molar-refractivity contribution in [3.05, 3.63) is 59.7 Å². The zero-order valence-corrected chi connectivity index (χ0v) is 19.2. The zero-order valence-electron chi connectivity index (χ0n) is 18.4. The third-order valence-corrected chi connectivity index (χ3v) is 7.14. The van der Waals surface area contributed by atoms with E-state index in [-0.39, 0.29) is 18.1 Å². The first-order chi connectivity index (χ1) is 15.8. The van der Waals surface area contributed by atoms with Crippen molar-refractivity contribution in [3.8, 4) is 11.8 Å². The maximum Gasteiger partial charge on any atom is 0.338 e. The average molecular weight is 474 g/mol. The van der Waals surface area contributed by atoms with Crippen molar-refractivity contribution in [1.82, 2.24) is 9.21 Å². The van der Waals surface area contributed by atoms with Gasteiger partial charge < -0.3 is 14.6 Å². The lowest BCUT2D eigenvalue weighted by Gasteiger charge is -2.34. The number of rotatable bonds is 9. The monoisotopic (exact) mass is 473 g/mol. The molecule has 0 saturated carbocycles. The summed E-state index contributed by atoms with van der Waals surface area (Å²) in [6.07, 6.45) is -0.737. The Morgan fingerprint density at radius 2 is 1.73 bits per heavy atom. The predicted octanol–water partition coefficient (Wildman–Crippen LogP) is 1.48. The molecule has 10 heteroatoms. The molecule has 1 aliphatic rings. The van der Waals surface area contributed by atoms with Gasteiger partial charge in [-0.3, -0.25) is 4.90 Å². The Morgan fingerprint density at radius 3 is 2.30 bits per heavy atom. The van der Waals surface area contributed by atoms with Crippen LogP contribution in [0.5, 0.6) is 5.75 Å². The Bertz CT molecular complexity index is 1070. The molecule has 0 amide bonds. The van der Waals surface area contributed by atoms with Crippen LogP contribution in [0.3, 0.4) is 0 Å². The van der Waals surface area contributed by atoms with Gasteiger partial charge in [-0.1, -0.05) is 0 Å². The van der Waals surface area contributed by atoms with E-state index in [9.17, 15) is 18.3 Å². The topological polar surface area (TPSA) is 120 Å². The highest BCUT2D eigenvalue weighted by atomic mass is 32.2. The summed E-state index contributed by atoms with van der Waals surface area (Å²) in [5, 5.41) is 19.1. The predicted molar refractivity (Wildman–Crippen MR) is 120 cm³/mol. The van der Waals surface area contributed by atoms with Gasteiger partial charge in [-0.15, -0.1) is 0 Å². The van der Waals surface area contributed by atoms with Crippen LogP contribution in [0.2, 0.25) is 0 Å². The van der Waals surface area contributed by atoms with Crippen LogP contribution < -0.4 is 4.74 Å². The second-order valence-corrected chi connectivity index (χ2v) is 9.49. The molecule has 3 rings (SSSR count). The van der Waals surface area contributed by atoms with E-state index in [4.69, 9.17) is 14.7 Å². The molecule has 1 fully saturated rings. The number of nitrogens with zero attached hydrogens (tertiary/aromatic N) is 3. The van der Waals surface area contributed by atoms with E-state index < -0.39 is 22.1 Å². The normalized spacial score (nSPS) is 16.0. The summed E-state index contributed by atoms with van der Waals surface area (Å²) >= 11 is 0. The van der Waals surface area contributed by atoms with Gasteiger partial charge in [-0.2, -0.15) is 9.57 Å². The van der Waals surface area contributed by atoms with Crippen LogP contribution in [0.4, 0.5) is 0 Å². The lowest BCUT2D eigenvalue weighted by molar-refractivity contribution is 0.0525. The Balaban J connectivity index is 1.48. The summed E-state index contributed by atoms with van der Waals surface area (Å²) in [5.74, 6) is 0.0784. The highest BCUT2D eigenvalue weighted by Crippen LogP contribution is 2.19. The first kappa shape index (κ1) is 24.7. The summed E-state index contributed by atoms with van der Waals surface area (Å²) in [4.78, 5) is 13.9. The molecular formula is C23H27N3O6S. The maximum atomic E-state index is 12.9. The van der Waals surface area contributed by atoms with Gasteiger partial charge in [0.2, 0.25) is 10.0 Å². The van der Waals surface area contributed by atoms with Gasteiger partial charge in [0.05, 0.1) is 28.7 Å². The van der Waals surface area contributed by atoms with Gasteiger partial charge in [0.25, 0.3) is 0 Å². The highest BCUT2D eigenvalue weighted by molar-refractivity contribution is 7.89. The summed E-state index contributed by atoms with van der Waals surface area (Å²) in [6, 6.07) is 14.4. The van der Waals surface area contributed by atoms with Crippen LogP contribution in [0.25, 0.3) is 0 Å². The van der Waals surface area contributed by atoms with Crippen LogP contribution in [0.15, 0.2) is 53.4 Å². The number of aliphatic hydroxyl groups is 1. The minimum Gasteiger partial charge on any atom is -0.491 e. The zero-order chi connectivity index (χ0) is 23.8. The van der Waals surface area contributed by atoms with E-state index >= 15 is 0 Å². The van der Waals surface area contributed by atoms with Crippen molar-refractivity contribution in [2.24, 2.45) is 0 Å². The van der Waals surface area contributed by atoms with E-state index in [2.05, 4.69) is 0 Å². The van der Waals surface area contributed by atoms with Gasteiger partial charge in [0, 0.05) is 32.7 Å². The standard InChI is InChI=1S/C23H27N3O6S/c1-2-31-23(28)19-5-9-22(10-6-19)33(29,30)26-13-11-25(12-14-26)16-20(27)17-32-21-7-3-18(15-24)4-8-21/h3-10,20,27H,2,11-14,16-17H2,1H3/t20-/m0/s1. The minimum absolute atomic E-state index is 0.0945. The number of hydrogen-bond donors (Lipinski definition) is 1. The second-order valence-electron chi connectivity index (χ2n) is 7.55. The number of sulfonamides is 1. The molecule has 0 radical (unpaired) electrons. The van der Waals surface area contributed by atoms with Crippen molar-refractivity contribution in [1.29, 1.82) is 5.26 Å². The maximum absolute atomic E-state index is 12.9. The van der Waals surface area contributed by atoms with Crippen LogP contribution in [-0.4, -0.2) is 80.7 Å². The molecule has 1 atom stereocenters. The molecule has 0 bridgehead atoms. The van der Waals surface area contributed by atoms with Gasteiger partial charge in [-0.05, 0) is 55.5 Å². The number of aliphatic hydroxyl groups excluding tert-OH is 1. The number of ether oxygens (including phenoxy) is 2. The summed E-state index contributed by atoms with van der Waals surface area (Å²) in [5.41, 5.74) is 0.837. The Hall–Kier alpha value is -2.97. The molecule has 9 nitrogen and oxygen atoms in total. The smallest absolute Gasteiger partial charge is 0.338 e. The fourth-order valence-electron chi connectivity index (χ4n) is 3.45. The Morgan fingerprint density at radius 1 is 1.09 bits per heavy atom. The summed E-state index contributed by atoms with van der Waals surface area (Å²) in [7, 11) is -3.68. The van der Waals surface area contributed by atoms with Gasteiger partial charge in [0.15, 0.2) is 0 Å². The van der Waals surface area contributed by atoms with Crippen molar-refractivity contribution >= 4 is 16.0 Å². The lowest BCUT2D eigenvalue weighted by Crippen LogP contribution is -2.50. The van der Waals surface area contributed by atoms with E-state index in [1.54, 1.807) is 31.2 Å². The van der Waals surface area contributed by atoms with Gasteiger partial charge >= 0.3 is 5.97 Å². The fourth-order valence-corrected chi connectivity index (χ4v) is 4.87. The molecule has 0 unspecified atom stereocenters. The van der Waals surface area contributed by atoms with E-state index in [1.807, 2.05) is 11.0 Å². The van der Waals surface area contributed by atoms with E-state index in [0.29, 0.717) is 49.6 Å². The van der Waals surface area contributed by atoms with Crippen LogP contribution in [0.1, 0.15) is 22.8 Å². The molecule has 1 heterocycles. The molecule has 0 aliphatic carbocycles. The van der Waals surface area contributed by atoms with Crippen LogP contribution in [-0.2, 0) is 14.8 Å². The average Bonchev–Trinajstić information content (AvgIpc) is 2.83. The van der Waals surface area contributed by atoms with Crippen LogP contribution >= 0.6 is 0 Å². The second kappa shape index (κ2) is 11.2. The minimum atomic E-state index is -3.68. The molecule has 1 saturated heterocycles. The number of benzene rings is 2. The number of β-amino-alcohol motifs (C(OH)–C–C–N with tert-alkyl or cyclic N) is 1. The Labute approximate surface area is 193 Å². The summed E-state index contributed by atoms with van der Waals surface area (Å²) < 4.78 is 37.7. The highest BCUT2D eigenvalue weighted by Gasteiger charge is 2.29. The number of hydrogen-bond acceptors (Lipinski definition) is 8. The quantitative estimate of drug-likeness (QED) is 0.544. The fraction of sp³-hybridized carbons (Fsp3) is 0.391. The molecule has 2 aromatic rings. The van der Waals surface area contributed by atoms with Crippen molar-refractivity contribution in [2.45, 2.75) is 17.9 Å². The molecule has 2 aromatic carbocycles. The molecule has 0 aromatic heterocycles. The Kier molecular flexibility index (Phi) is 8.41. The number of nitriles is 1. The van der Waals surface area contributed by atoms with E-state index in [0.717, 1.165) is 0 Å². The number of carbonyl (C=O) groups is 1. The van der Waals surface area contributed by atoms with Crippen molar-refractivity contribution in [2.75, 3.05) is 45.9 Å². The molecular weight excluding hydrogens is 446 g/mol. The molecule has 1 N–H and O–H groups in total. The molecule has 1 aliphatic heterocycles. The SMILES string of the molecule is CCOC(=O)c1ccc(S(=O)(=O)N2CCN(C[C@H](O)COc3ccc(C#N)cc3)CC2)cc1. The van der Waals surface area contributed by atoms with Crippen molar-refractivity contribution < 1.29 is 27.8 Å². The third kappa shape index (κ3) is 6.52. The van der Waals surface area contributed by atoms with Gasteiger partial charge in [-0.25, -0.2) is 13.2 Å². The summed E-state index contributed by atoms with van der Waals surface area (Å²) in [6.45, 7) is 3.96. The molecule has 33 heavy (non-hydrogen) atoms. The molecule has 0 spiro atoms. The third-order valence-electron chi connectivity index (χ3n) is 5.23. The van der Waals surface area contributed by atoms with E-state index in [1.165, 1.54) is 28.6 Å². The molecule has 176 valence electrons. The number of carbonyl (C=O) groups excluding carboxylic acids is 1. The largest absolute Gasteiger partial charge is 0.491 e. The van der Waals surface area contributed by atoms with Crippen molar-refractivity contribution in [3.63, 3.8) is 0 Å². The number of esters is 1. The first-order valence-corrected chi connectivity index (χ1v) is 12.1. The first-order valence-electron chi connectivity index (χ1n) is 10.6.